The Hall–Kier alpha value is -0.860. The second kappa shape index (κ2) is 2.38. The second-order valence-electron chi connectivity index (χ2n) is 5.79. The van der Waals surface area contributed by atoms with E-state index in [-0.39, 0.29) is 16.8 Å². The number of ether oxygens (including phenoxy) is 1. The van der Waals surface area contributed by atoms with E-state index in [1.807, 2.05) is 20.8 Å². The number of carbonyl (C=O) groups excluding carboxylic acids is 2. The van der Waals surface area contributed by atoms with Crippen molar-refractivity contribution in [2.45, 2.75) is 45.6 Å². The highest BCUT2D eigenvalue weighted by Crippen LogP contribution is 2.72. The molecule has 78 valence electrons. The first-order valence-corrected chi connectivity index (χ1v) is 5.01. The Balaban J connectivity index is 1.94. The summed E-state index contributed by atoms with van der Waals surface area (Å²) in [5, 5.41) is 0. The van der Waals surface area contributed by atoms with Gasteiger partial charge in [-0.1, -0.05) is 0 Å². The minimum atomic E-state index is -0.416. The third-order valence-corrected chi connectivity index (χ3v) is 3.15. The molecular weight excluding hydrogens is 180 g/mol. The Morgan fingerprint density at radius 3 is 2.14 bits per heavy atom. The third kappa shape index (κ3) is 1.18. The van der Waals surface area contributed by atoms with Gasteiger partial charge in [-0.05, 0) is 40.0 Å². The fraction of sp³-hybridized carbons (Fsp3) is 0.818. The summed E-state index contributed by atoms with van der Waals surface area (Å²) in [6.45, 7) is 5.60. The molecule has 0 heterocycles. The largest absolute Gasteiger partial charge is 0.460 e. The van der Waals surface area contributed by atoms with Gasteiger partial charge in [0.15, 0.2) is 0 Å². The lowest BCUT2D eigenvalue weighted by Gasteiger charge is -2.66. The van der Waals surface area contributed by atoms with Gasteiger partial charge in [0.05, 0.1) is 5.41 Å². The molecule has 0 amide bonds. The van der Waals surface area contributed by atoms with Crippen molar-refractivity contribution in [3.05, 3.63) is 0 Å². The molecule has 3 rings (SSSR count). The lowest BCUT2D eigenvalue weighted by atomic mass is 9.35. The molecule has 0 unspecified atom stereocenters. The van der Waals surface area contributed by atoms with Crippen LogP contribution < -0.4 is 0 Å². The lowest BCUT2D eigenvalue weighted by molar-refractivity contribution is -0.225. The molecule has 3 heteroatoms. The van der Waals surface area contributed by atoms with Crippen LogP contribution in [0.3, 0.4) is 0 Å². The molecule has 0 saturated heterocycles. The van der Waals surface area contributed by atoms with Crippen molar-refractivity contribution in [1.29, 1.82) is 0 Å². The average molecular weight is 196 g/mol. The van der Waals surface area contributed by atoms with Gasteiger partial charge in [0.2, 0.25) is 0 Å². The lowest BCUT2D eigenvalue weighted by Crippen LogP contribution is -2.67. The highest BCUT2D eigenvalue weighted by atomic mass is 16.6. The zero-order valence-electron chi connectivity index (χ0n) is 8.92. The van der Waals surface area contributed by atoms with Crippen LogP contribution in [0.25, 0.3) is 0 Å². The molecule has 0 radical (unpaired) electrons. The van der Waals surface area contributed by atoms with E-state index in [4.69, 9.17) is 4.74 Å². The maximum atomic E-state index is 11.7. The van der Waals surface area contributed by atoms with Crippen LogP contribution in [0.2, 0.25) is 0 Å². The van der Waals surface area contributed by atoms with Crippen LogP contribution in [-0.2, 0) is 14.3 Å². The number of hydrogen-bond acceptors (Lipinski definition) is 3. The van der Waals surface area contributed by atoms with E-state index in [0.29, 0.717) is 19.3 Å². The summed E-state index contributed by atoms with van der Waals surface area (Å²) in [5.41, 5.74) is -0.869. The predicted octanol–water partition coefficient (Wildman–Crippen LogP) is 1.70. The van der Waals surface area contributed by atoms with Gasteiger partial charge < -0.3 is 9.53 Å². The van der Waals surface area contributed by atoms with E-state index >= 15 is 0 Å². The smallest absolute Gasteiger partial charge is 0.312 e. The van der Waals surface area contributed by atoms with Gasteiger partial charge in [-0.3, -0.25) is 4.79 Å². The Labute approximate surface area is 83.8 Å². The molecule has 0 spiro atoms. The zero-order valence-corrected chi connectivity index (χ0v) is 8.92. The standard InChI is InChI=1S/C11H16O3/c1-9(2,3)14-8(13)11-4-10(5-11,6-11)7-12/h7H,4-6H2,1-3H3. The van der Waals surface area contributed by atoms with Gasteiger partial charge in [-0.15, -0.1) is 0 Å². The van der Waals surface area contributed by atoms with Crippen LogP contribution >= 0.6 is 0 Å². The SMILES string of the molecule is CC(C)(C)OC(=O)C12CC(C=O)(C1)C2. The molecule has 0 aromatic carbocycles. The van der Waals surface area contributed by atoms with Crippen molar-refractivity contribution in [2.75, 3.05) is 0 Å². The van der Waals surface area contributed by atoms with Gasteiger partial charge in [0.25, 0.3) is 0 Å². The Morgan fingerprint density at radius 1 is 1.29 bits per heavy atom. The molecular formula is C11H16O3. The zero-order chi connectivity index (χ0) is 10.6. The van der Waals surface area contributed by atoms with Crippen LogP contribution in [0.1, 0.15) is 40.0 Å². The number of rotatable bonds is 2. The van der Waals surface area contributed by atoms with E-state index in [1.54, 1.807) is 0 Å². The molecule has 3 saturated carbocycles. The van der Waals surface area contributed by atoms with Gasteiger partial charge in [-0.2, -0.15) is 0 Å². The topological polar surface area (TPSA) is 43.4 Å². The van der Waals surface area contributed by atoms with Crippen molar-refractivity contribution in [1.82, 2.24) is 0 Å². The fourth-order valence-corrected chi connectivity index (χ4v) is 2.59. The molecule has 0 aromatic rings. The van der Waals surface area contributed by atoms with Crippen molar-refractivity contribution in [3.63, 3.8) is 0 Å². The van der Waals surface area contributed by atoms with Crippen molar-refractivity contribution in [2.24, 2.45) is 10.8 Å². The minimum absolute atomic E-state index is 0.117. The van der Waals surface area contributed by atoms with E-state index in [9.17, 15) is 9.59 Å². The predicted molar refractivity (Wildman–Crippen MR) is 50.6 cm³/mol. The summed E-state index contributed by atoms with van der Waals surface area (Å²) in [7, 11) is 0. The second-order valence-corrected chi connectivity index (χ2v) is 5.79. The summed E-state index contributed by atoms with van der Waals surface area (Å²) in [5.74, 6) is -0.117. The van der Waals surface area contributed by atoms with Crippen LogP contribution in [-0.4, -0.2) is 17.9 Å². The molecule has 3 aliphatic carbocycles. The summed E-state index contributed by atoms with van der Waals surface area (Å²) >= 11 is 0. The number of carbonyl (C=O) groups is 2. The highest BCUT2D eigenvalue weighted by Gasteiger charge is 2.72. The van der Waals surface area contributed by atoms with Crippen molar-refractivity contribution >= 4 is 12.3 Å². The van der Waals surface area contributed by atoms with Crippen molar-refractivity contribution in [3.8, 4) is 0 Å². The van der Waals surface area contributed by atoms with Crippen LogP contribution in [0.4, 0.5) is 0 Å². The van der Waals surface area contributed by atoms with Gasteiger partial charge >= 0.3 is 5.97 Å². The van der Waals surface area contributed by atoms with Crippen LogP contribution in [0, 0.1) is 10.8 Å². The first-order valence-electron chi connectivity index (χ1n) is 5.01. The van der Waals surface area contributed by atoms with Crippen LogP contribution in [0.15, 0.2) is 0 Å². The normalized spacial score (nSPS) is 39.4. The Bertz CT molecular complexity index is 278. The van der Waals surface area contributed by atoms with Gasteiger partial charge in [0.1, 0.15) is 11.9 Å². The summed E-state index contributed by atoms with van der Waals surface area (Å²) in [6, 6.07) is 0. The van der Waals surface area contributed by atoms with Gasteiger partial charge in [-0.25, -0.2) is 0 Å². The molecule has 0 atom stereocenters. The van der Waals surface area contributed by atoms with Gasteiger partial charge in [0, 0.05) is 5.41 Å². The third-order valence-electron chi connectivity index (χ3n) is 3.15. The first-order chi connectivity index (χ1) is 6.31. The minimum Gasteiger partial charge on any atom is -0.460 e. The maximum absolute atomic E-state index is 11.7. The van der Waals surface area contributed by atoms with E-state index in [1.165, 1.54) is 0 Å². The average Bonchev–Trinajstić information content (AvgIpc) is 1.76. The molecule has 0 aliphatic heterocycles. The maximum Gasteiger partial charge on any atom is 0.312 e. The molecule has 14 heavy (non-hydrogen) atoms. The number of hydrogen-bond donors (Lipinski definition) is 0. The summed E-state index contributed by atoms with van der Waals surface area (Å²) in [6.07, 6.45) is 3.12. The van der Waals surface area contributed by atoms with E-state index < -0.39 is 5.60 Å². The monoisotopic (exact) mass is 196 g/mol. The van der Waals surface area contributed by atoms with Crippen molar-refractivity contribution < 1.29 is 14.3 Å². The number of aldehydes is 1. The molecule has 3 nitrogen and oxygen atoms in total. The Morgan fingerprint density at radius 2 is 1.79 bits per heavy atom. The molecule has 2 bridgehead atoms. The number of esters is 1. The van der Waals surface area contributed by atoms with E-state index in [0.717, 1.165) is 6.29 Å². The van der Waals surface area contributed by atoms with Crippen LogP contribution in [0.5, 0.6) is 0 Å². The molecule has 0 aromatic heterocycles. The quantitative estimate of drug-likeness (QED) is 0.498. The highest BCUT2D eigenvalue weighted by molar-refractivity contribution is 5.86. The molecule has 3 aliphatic rings. The molecule has 3 fully saturated rings. The van der Waals surface area contributed by atoms with E-state index in [2.05, 4.69) is 0 Å². The fourth-order valence-electron chi connectivity index (χ4n) is 2.59. The molecule has 0 N–H and O–H groups in total. The Kier molecular flexibility index (Phi) is 1.65. The summed E-state index contributed by atoms with van der Waals surface area (Å²) < 4.78 is 5.32. The summed E-state index contributed by atoms with van der Waals surface area (Å²) in [4.78, 5) is 22.4. The first kappa shape index (κ1) is 9.69.